The van der Waals surface area contributed by atoms with Gasteiger partial charge in [0, 0.05) is 10.6 Å². The van der Waals surface area contributed by atoms with E-state index in [1.807, 2.05) is 79.0 Å². The van der Waals surface area contributed by atoms with Crippen LogP contribution in [0.3, 0.4) is 0 Å². The second-order valence-corrected chi connectivity index (χ2v) is 6.79. The molecule has 4 heteroatoms. The smallest absolute Gasteiger partial charge is 0.232 e. The van der Waals surface area contributed by atoms with Crippen molar-refractivity contribution < 1.29 is 4.79 Å². The molecule has 0 bridgehead atoms. The maximum Gasteiger partial charge on any atom is 0.232 e. The van der Waals surface area contributed by atoms with Crippen LogP contribution >= 0.6 is 11.3 Å². The lowest BCUT2D eigenvalue weighted by atomic mass is 10.1. The van der Waals surface area contributed by atoms with Crippen molar-refractivity contribution in [2.45, 2.75) is 19.4 Å². The van der Waals surface area contributed by atoms with E-state index in [0.29, 0.717) is 0 Å². The highest BCUT2D eigenvalue weighted by Crippen LogP contribution is 2.30. The van der Waals surface area contributed by atoms with Gasteiger partial charge in [-0.1, -0.05) is 54.1 Å². The summed E-state index contributed by atoms with van der Waals surface area (Å²) in [5.74, 6) is -0.0880. The van der Waals surface area contributed by atoms with Crippen LogP contribution in [-0.4, -0.2) is 5.91 Å². The van der Waals surface area contributed by atoms with Crippen LogP contribution in [0.1, 0.15) is 22.0 Å². The van der Waals surface area contributed by atoms with Crippen molar-refractivity contribution in [1.29, 1.82) is 5.26 Å². The van der Waals surface area contributed by atoms with Gasteiger partial charge in [-0.25, -0.2) is 0 Å². The summed E-state index contributed by atoms with van der Waals surface area (Å²) in [6.45, 7) is 2.00. The second-order valence-electron chi connectivity index (χ2n) is 5.81. The molecular formula is C21H18N2OS. The Morgan fingerprint density at radius 3 is 2.40 bits per heavy atom. The van der Waals surface area contributed by atoms with Gasteiger partial charge in [0.25, 0.3) is 0 Å². The lowest BCUT2D eigenvalue weighted by molar-refractivity contribution is -0.118. The molecule has 0 saturated carbocycles. The fourth-order valence-corrected chi connectivity index (χ4v) is 3.45. The molecule has 0 radical (unpaired) electrons. The van der Waals surface area contributed by atoms with E-state index < -0.39 is 6.04 Å². The molecule has 25 heavy (non-hydrogen) atoms. The zero-order valence-electron chi connectivity index (χ0n) is 13.9. The Bertz CT molecular complexity index is 865. The van der Waals surface area contributed by atoms with Crippen molar-refractivity contribution in [1.82, 2.24) is 0 Å². The summed E-state index contributed by atoms with van der Waals surface area (Å²) < 4.78 is 0. The first-order chi connectivity index (χ1) is 12.2. The molecule has 1 unspecified atom stereocenters. The van der Waals surface area contributed by atoms with Gasteiger partial charge in [0.1, 0.15) is 0 Å². The predicted octanol–water partition coefficient (Wildman–Crippen LogP) is 4.90. The Kier molecular flexibility index (Phi) is 5.27. The molecule has 0 spiro atoms. The average molecular weight is 346 g/mol. The molecule has 0 aliphatic rings. The second kappa shape index (κ2) is 7.78. The van der Waals surface area contributed by atoms with Gasteiger partial charge in [-0.15, -0.1) is 11.3 Å². The highest BCUT2D eigenvalue weighted by molar-refractivity contribution is 7.10. The van der Waals surface area contributed by atoms with Crippen LogP contribution in [0.4, 0.5) is 5.69 Å². The minimum absolute atomic E-state index is 0.0880. The molecule has 0 aliphatic heterocycles. The predicted molar refractivity (Wildman–Crippen MR) is 101 cm³/mol. The average Bonchev–Trinajstić information content (AvgIpc) is 3.15. The molecule has 0 saturated heterocycles. The van der Waals surface area contributed by atoms with Crippen LogP contribution in [0.2, 0.25) is 0 Å². The van der Waals surface area contributed by atoms with Crippen molar-refractivity contribution in [2.24, 2.45) is 0 Å². The third-order valence-corrected chi connectivity index (χ3v) is 4.90. The van der Waals surface area contributed by atoms with E-state index in [4.69, 9.17) is 0 Å². The summed E-state index contributed by atoms with van der Waals surface area (Å²) in [5.41, 5.74) is 2.79. The molecule has 124 valence electrons. The minimum Gasteiger partial charge on any atom is -0.291 e. The first-order valence-corrected chi connectivity index (χ1v) is 8.92. The number of nitrogens with zero attached hydrogens (tertiary/aromatic N) is 2. The van der Waals surface area contributed by atoms with Crippen LogP contribution < -0.4 is 4.90 Å². The number of thiophene rings is 1. The summed E-state index contributed by atoms with van der Waals surface area (Å²) in [5, 5.41) is 11.7. The quantitative estimate of drug-likeness (QED) is 0.660. The van der Waals surface area contributed by atoms with Crippen LogP contribution in [0, 0.1) is 18.3 Å². The number of amides is 1. The number of aryl methyl sites for hydroxylation is 1. The SMILES string of the molecule is Cc1ccc(N(C(=O)Cc2ccccc2)C(C#N)c2cccs2)cc1. The molecular weight excluding hydrogens is 328 g/mol. The standard InChI is InChI=1S/C21H18N2OS/c1-16-9-11-18(12-10-16)23(19(15-22)20-8-5-13-25-20)21(24)14-17-6-3-2-4-7-17/h2-13,19H,14H2,1H3. The Labute approximate surface area is 151 Å². The summed E-state index contributed by atoms with van der Waals surface area (Å²) in [4.78, 5) is 15.5. The van der Waals surface area contributed by atoms with Gasteiger partial charge in [-0.3, -0.25) is 9.69 Å². The van der Waals surface area contributed by atoms with E-state index in [2.05, 4.69) is 6.07 Å². The summed E-state index contributed by atoms with van der Waals surface area (Å²) in [6, 6.07) is 22.8. The Hall–Kier alpha value is -2.90. The van der Waals surface area contributed by atoms with E-state index in [-0.39, 0.29) is 12.3 Å². The van der Waals surface area contributed by atoms with Crippen LogP contribution in [0.25, 0.3) is 0 Å². The lowest BCUT2D eigenvalue weighted by Gasteiger charge is -2.27. The normalized spacial score (nSPS) is 11.5. The van der Waals surface area contributed by atoms with Crippen molar-refractivity contribution in [3.8, 4) is 6.07 Å². The third kappa shape index (κ3) is 3.96. The van der Waals surface area contributed by atoms with Crippen molar-refractivity contribution >= 4 is 22.9 Å². The van der Waals surface area contributed by atoms with Gasteiger partial charge >= 0.3 is 0 Å². The van der Waals surface area contributed by atoms with E-state index >= 15 is 0 Å². The first-order valence-electron chi connectivity index (χ1n) is 8.04. The van der Waals surface area contributed by atoms with E-state index in [0.717, 1.165) is 21.7 Å². The van der Waals surface area contributed by atoms with Crippen LogP contribution in [0.5, 0.6) is 0 Å². The van der Waals surface area contributed by atoms with Gasteiger partial charge < -0.3 is 0 Å². The van der Waals surface area contributed by atoms with Gasteiger partial charge in [0.2, 0.25) is 5.91 Å². The van der Waals surface area contributed by atoms with E-state index in [1.54, 1.807) is 4.90 Å². The van der Waals surface area contributed by atoms with Crippen molar-refractivity contribution in [3.63, 3.8) is 0 Å². The highest BCUT2D eigenvalue weighted by atomic mass is 32.1. The fourth-order valence-electron chi connectivity index (χ4n) is 2.69. The lowest BCUT2D eigenvalue weighted by Crippen LogP contribution is -2.35. The van der Waals surface area contributed by atoms with Crippen molar-refractivity contribution in [3.05, 3.63) is 88.1 Å². The molecule has 1 atom stereocenters. The molecule has 1 heterocycles. The molecule has 3 rings (SSSR count). The first kappa shape index (κ1) is 16.9. The number of rotatable bonds is 5. The summed E-state index contributed by atoms with van der Waals surface area (Å²) in [7, 11) is 0. The molecule has 1 aromatic heterocycles. The number of nitriles is 1. The van der Waals surface area contributed by atoms with Gasteiger partial charge in [-0.05, 0) is 36.1 Å². The van der Waals surface area contributed by atoms with Crippen LogP contribution in [-0.2, 0) is 11.2 Å². The molecule has 1 amide bonds. The van der Waals surface area contributed by atoms with Gasteiger partial charge in [0.15, 0.2) is 6.04 Å². The monoisotopic (exact) mass is 346 g/mol. The Balaban J connectivity index is 1.98. The summed E-state index contributed by atoms with van der Waals surface area (Å²) >= 11 is 1.49. The van der Waals surface area contributed by atoms with Crippen LogP contribution in [0.15, 0.2) is 72.1 Å². The fraction of sp³-hybridized carbons (Fsp3) is 0.143. The summed E-state index contributed by atoms with van der Waals surface area (Å²) in [6.07, 6.45) is 0.262. The van der Waals surface area contributed by atoms with E-state index in [9.17, 15) is 10.1 Å². The van der Waals surface area contributed by atoms with Gasteiger partial charge in [0.05, 0.1) is 12.5 Å². The number of hydrogen-bond acceptors (Lipinski definition) is 3. The zero-order chi connectivity index (χ0) is 17.6. The highest BCUT2D eigenvalue weighted by Gasteiger charge is 2.27. The maximum absolute atomic E-state index is 13.1. The topological polar surface area (TPSA) is 44.1 Å². The molecule has 0 aliphatic carbocycles. The number of carbonyl (C=O) groups is 1. The van der Waals surface area contributed by atoms with Gasteiger partial charge in [-0.2, -0.15) is 5.26 Å². The number of benzene rings is 2. The molecule has 3 nitrogen and oxygen atoms in total. The maximum atomic E-state index is 13.1. The molecule has 0 fully saturated rings. The zero-order valence-corrected chi connectivity index (χ0v) is 14.7. The van der Waals surface area contributed by atoms with Crippen molar-refractivity contribution in [2.75, 3.05) is 4.90 Å². The number of hydrogen-bond donors (Lipinski definition) is 0. The molecule has 2 aromatic carbocycles. The largest absolute Gasteiger partial charge is 0.291 e. The Morgan fingerprint density at radius 2 is 1.80 bits per heavy atom. The Morgan fingerprint density at radius 1 is 1.08 bits per heavy atom. The minimum atomic E-state index is -0.626. The number of anilines is 1. The van der Waals surface area contributed by atoms with E-state index in [1.165, 1.54) is 11.3 Å². The molecule has 0 N–H and O–H groups in total. The third-order valence-electron chi connectivity index (χ3n) is 3.97. The number of carbonyl (C=O) groups excluding carboxylic acids is 1. The molecule has 3 aromatic rings.